The molecule has 6 rings (SSSR count). The number of halogens is 3. The molecule has 172 valence electrons. The van der Waals surface area contributed by atoms with E-state index in [2.05, 4.69) is 32.1 Å². The first-order valence-corrected chi connectivity index (χ1v) is 11.0. The van der Waals surface area contributed by atoms with Crippen molar-refractivity contribution in [3.05, 3.63) is 60.2 Å². The van der Waals surface area contributed by atoms with Crippen molar-refractivity contribution in [1.29, 1.82) is 0 Å². The molecule has 4 aromatic heterocycles. The van der Waals surface area contributed by atoms with Crippen molar-refractivity contribution in [2.45, 2.75) is 19.1 Å². The van der Waals surface area contributed by atoms with E-state index < -0.39 is 11.9 Å². The van der Waals surface area contributed by atoms with E-state index in [1.54, 1.807) is 12.3 Å². The topological polar surface area (TPSA) is 82.6 Å². The van der Waals surface area contributed by atoms with Crippen molar-refractivity contribution in [3.8, 4) is 11.4 Å². The molecule has 5 heterocycles. The second-order valence-electron chi connectivity index (χ2n) is 8.48. The van der Waals surface area contributed by atoms with Gasteiger partial charge in [-0.25, -0.2) is 15.0 Å². The quantitative estimate of drug-likeness (QED) is 0.471. The highest BCUT2D eigenvalue weighted by molar-refractivity contribution is 6.03. The summed E-state index contributed by atoms with van der Waals surface area (Å²) in [6.07, 6.45) is 6.44. The summed E-state index contributed by atoms with van der Waals surface area (Å²) in [5.74, 6) is 1.09. The maximum Gasteiger partial charge on any atom is 0.431 e. The molecule has 1 atom stereocenters. The maximum absolute atomic E-state index is 13.4. The van der Waals surface area contributed by atoms with Crippen molar-refractivity contribution >= 4 is 33.3 Å². The Morgan fingerprint density at radius 3 is 2.74 bits per heavy atom. The van der Waals surface area contributed by atoms with E-state index >= 15 is 0 Å². The van der Waals surface area contributed by atoms with Crippen LogP contribution in [0.3, 0.4) is 0 Å². The lowest BCUT2D eigenvalue weighted by atomic mass is 9.97. The zero-order valence-corrected chi connectivity index (χ0v) is 18.2. The van der Waals surface area contributed by atoms with E-state index in [0.29, 0.717) is 22.3 Å². The molecule has 2 N–H and O–H groups in total. The van der Waals surface area contributed by atoms with Crippen LogP contribution in [-0.4, -0.2) is 50.6 Å². The number of anilines is 1. The van der Waals surface area contributed by atoms with Crippen molar-refractivity contribution < 1.29 is 13.2 Å². The standard InChI is InChI=1S/C24H20F3N7/c1-13-10-28-7-8-34(13)23-20-17(14-3-2-4-14)11-29-12-18(20)31-22(33-23)15-5-6-30-21-16(15)9-19(32-21)24(25,26)27/h2-6,9,11-13,28H,7-8,10H2,1H3,(H,30,32)/t13-/m0/s1. The molecule has 0 saturated carbocycles. The number of alkyl halides is 3. The van der Waals surface area contributed by atoms with Crippen LogP contribution < -0.4 is 10.2 Å². The molecule has 2 aliphatic rings. The largest absolute Gasteiger partial charge is 0.431 e. The molecule has 0 aromatic carbocycles. The Kier molecular flexibility index (Phi) is 4.66. The lowest BCUT2D eigenvalue weighted by molar-refractivity contribution is -0.140. The second kappa shape index (κ2) is 7.63. The van der Waals surface area contributed by atoms with Gasteiger partial charge < -0.3 is 15.2 Å². The molecule has 0 bridgehead atoms. The van der Waals surface area contributed by atoms with Crippen LogP contribution in [0.15, 0.2) is 49.0 Å². The van der Waals surface area contributed by atoms with Gasteiger partial charge in [0.2, 0.25) is 0 Å². The first-order valence-electron chi connectivity index (χ1n) is 11.0. The highest BCUT2D eigenvalue weighted by Gasteiger charge is 2.33. The summed E-state index contributed by atoms with van der Waals surface area (Å²) in [4.78, 5) is 22.8. The molecule has 1 aliphatic carbocycles. The number of nitrogens with zero attached hydrogens (tertiary/aromatic N) is 5. The lowest BCUT2D eigenvalue weighted by Crippen LogP contribution is -2.50. The molecular formula is C24H20F3N7. The number of allylic oxidation sites excluding steroid dienone is 4. The fourth-order valence-electron chi connectivity index (χ4n) is 4.51. The Bertz CT molecular complexity index is 1490. The summed E-state index contributed by atoms with van der Waals surface area (Å²) >= 11 is 0. The van der Waals surface area contributed by atoms with Gasteiger partial charge in [-0.15, -0.1) is 0 Å². The Hall–Kier alpha value is -3.79. The van der Waals surface area contributed by atoms with Crippen molar-refractivity contribution in [1.82, 2.24) is 30.2 Å². The smallest absolute Gasteiger partial charge is 0.351 e. The minimum atomic E-state index is -4.51. The van der Waals surface area contributed by atoms with Crippen LogP contribution in [-0.2, 0) is 6.18 Å². The fraction of sp³-hybridized carbons (Fsp3) is 0.250. The molecule has 1 aliphatic heterocycles. The van der Waals surface area contributed by atoms with Gasteiger partial charge in [-0.2, -0.15) is 13.2 Å². The highest BCUT2D eigenvalue weighted by atomic mass is 19.4. The Morgan fingerprint density at radius 1 is 1.15 bits per heavy atom. The summed E-state index contributed by atoms with van der Waals surface area (Å²) in [5.41, 5.74) is 2.39. The van der Waals surface area contributed by atoms with E-state index in [1.807, 2.05) is 24.4 Å². The van der Waals surface area contributed by atoms with Crippen LogP contribution in [0.25, 0.3) is 38.9 Å². The number of fused-ring (bicyclic) bond motifs is 2. The number of piperazine rings is 1. The average Bonchev–Trinajstić information content (AvgIpc) is 3.23. The third kappa shape index (κ3) is 3.33. The van der Waals surface area contributed by atoms with Crippen LogP contribution in [0.2, 0.25) is 0 Å². The van der Waals surface area contributed by atoms with Gasteiger partial charge in [0, 0.05) is 54.6 Å². The summed E-state index contributed by atoms with van der Waals surface area (Å²) < 4.78 is 40.1. The third-order valence-electron chi connectivity index (χ3n) is 6.30. The molecule has 1 fully saturated rings. The van der Waals surface area contributed by atoms with E-state index in [9.17, 15) is 13.2 Å². The molecular weight excluding hydrogens is 443 g/mol. The number of aromatic nitrogens is 5. The molecule has 0 unspecified atom stereocenters. The average molecular weight is 463 g/mol. The molecule has 0 spiro atoms. The SMILES string of the molecule is C[C@H]1CNCCN1c1nc(-c2ccnc3[nH]c(C(F)(F)F)cc23)nc2cncc(C3=CC=C3)c12. The number of hydrogen-bond acceptors (Lipinski definition) is 6. The van der Waals surface area contributed by atoms with E-state index in [4.69, 9.17) is 9.97 Å². The zero-order chi connectivity index (χ0) is 23.4. The minimum Gasteiger partial charge on any atom is -0.351 e. The summed E-state index contributed by atoms with van der Waals surface area (Å²) in [6, 6.07) is 2.89. The number of rotatable bonds is 3. The van der Waals surface area contributed by atoms with Crippen molar-refractivity contribution in [2.75, 3.05) is 24.5 Å². The van der Waals surface area contributed by atoms with Crippen LogP contribution in [0.4, 0.5) is 19.0 Å². The number of pyridine rings is 2. The molecule has 1 saturated heterocycles. The van der Waals surface area contributed by atoms with Crippen molar-refractivity contribution in [2.24, 2.45) is 0 Å². The molecule has 7 nitrogen and oxygen atoms in total. The predicted octanol–water partition coefficient (Wildman–Crippen LogP) is 4.34. The first-order chi connectivity index (χ1) is 16.4. The number of hydrogen-bond donors (Lipinski definition) is 2. The lowest BCUT2D eigenvalue weighted by Gasteiger charge is -2.36. The normalized spacial score (nSPS) is 18.4. The van der Waals surface area contributed by atoms with Gasteiger partial charge in [-0.05, 0) is 24.6 Å². The monoisotopic (exact) mass is 463 g/mol. The van der Waals surface area contributed by atoms with Gasteiger partial charge in [0.1, 0.15) is 17.2 Å². The summed E-state index contributed by atoms with van der Waals surface area (Å²) in [6.45, 7) is 4.48. The van der Waals surface area contributed by atoms with Crippen LogP contribution >= 0.6 is 0 Å². The van der Waals surface area contributed by atoms with E-state index in [-0.39, 0.29) is 11.7 Å². The highest BCUT2D eigenvalue weighted by Crippen LogP contribution is 2.38. The summed E-state index contributed by atoms with van der Waals surface area (Å²) in [7, 11) is 0. The van der Waals surface area contributed by atoms with Crippen LogP contribution in [0.1, 0.15) is 18.2 Å². The van der Waals surface area contributed by atoms with Crippen molar-refractivity contribution in [3.63, 3.8) is 0 Å². The Labute approximate surface area is 192 Å². The minimum absolute atomic E-state index is 0.141. The first kappa shape index (κ1) is 20.8. The summed E-state index contributed by atoms with van der Waals surface area (Å²) in [5, 5.41) is 4.60. The molecule has 0 radical (unpaired) electrons. The Morgan fingerprint density at radius 2 is 2.00 bits per heavy atom. The number of nitrogens with one attached hydrogen (secondary N) is 2. The maximum atomic E-state index is 13.4. The molecule has 10 heteroatoms. The van der Waals surface area contributed by atoms with E-state index in [0.717, 1.165) is 48.0 Å². The van der Waals surface area contributed by atoms with Gasteiger partial charge in [-0.3, -0.25) is 4.98 Å². The van der Waals surface area contributed by atoms with Crippen LogP contribution in [0, 0.1) is 0 Å². The predicted molar refractivity (Wildman–Crippen MR) is 124 cm³/mol. The second-order valence-corrected chi connectivity index (χ2v) is 8.48. The number of H-pyrrole nitrogens is 1. The van der Waals surface area contributed by atoms with Gasteiger partial charge >= 0.3 is 6.18 Å². The third-order valence-corrected chi connectivity index (χ3v) is 6.30. The number of aromatic amines is 1. The molecule has 34 heavy (non-hydrogen) atoms. The molecule has 0 amide bonds. The van der Waals surface area contributed by atoms with Gasteiger partial charge in [0.25, 0.3) is 0 Å². The van der Waals surface area contributed by atoms with Gasteiger partial charge in [0.15, 0.2) is 5.82 Å². The Balaban J connectivity index is 1.61. The van der Waals surface area contributed by atoms with E-state index in [1.165, 1.54) is 6.20 Å². The molecule has 4 aromatic rings. The fourth-order valence-corrected chi connectivity index (χ4v) is 4.51. The van der Waals surface area contributed by atoms with Gasteiger partial charge in [0.05, 0.1) is 17.1 Å². The van der Waals surface area contributed by atoms with Gasteiger partial charge in [-0.1, -0.05) is 18.2 Å². The van der Waals surface area contributed by atoms with Crippen LogP contribution in [0.5, 0.6) is 0 Å². The zero-order valence-electron chi connectivity index (χ0n) is 18.2.